The second kappa shape index (κ2) is 7.15. The first-order chi connectivity index (χ1) is 11.8. The van der Waals surface area contributed by atoms with Crippen molar-refractivity contribution in [2.45, 2.75) is 26.2 Å². The maximum atomic E-state index is 9.20. The summed E-state index contributed by atoms with van der Waals surface area (Å²) in [5, 5.41) is 18.4. The molecule has 0 aliphatic carbocycles. The van der Waals surface area contributed by atoms with Crippen LogP contribution in [0.5, 0.6) is 0 Å². The molecule has 2 rings (SSSR count). The van der Waals surface area contributed by atoms with E-state index >= 15 is 0 Å². The van der Waals surface area contributed by atoms with Crippen molar-refractivity contribution >= 4 is 17.8 Å². The van der Waals surface area contributed by atoms with E-state index in [1.54, 1.807) is 0 Å². The molecule has 1 aromatic carbocycles. The summed E-state index contributed by atoms with van der Waals surface area (Å²) in [5.74, 6) is 0. The van der Waals surface area contributed by atoms with Crippen molar-refractivity contribution in [3.8, 4) is 12.1 Å². The molecule has 0 atom stereocenters. The summed E-state index contributed by atoms with van der Waals surface area (Å²) in [4.78, 5) is 10.8. The highest BCUT2D eigenvalue weighted by Gasteiger charge is 2.22. The first kappa shape index (κ1) is 18.2. The van der Waals surface area contributed by atoms with Crippen LogP contribution in [-0.2, 0) is 5.41 Å². The molecule has 0 saturated carbocycles. The number of anilines is 1. The minimum atomic E-state index is -0.291. The molecule has 0 bridgehead atoms. The molecule has 0 spiro atoms. The highest BCUT2D eigenvalue weighted by molar-refractivity contribution is 5.70. The van der Waals surface area contributed by atoms with Crippen LogP contribution in [0.1, 0.15) is 49.1 Å². The smallest absolute Gasteiger partial charge is 0.177 e. The Hall–Kier alpha value is -3.18. The van der Waals surface area contributed by atoms with Crippen molar-refractivity contribution in [1.82, 2.24) is 9.97 Å². The van der Waals surface area contributed by atoms with Gasteiger partial charge in [-0.2, -0.15) is 10.5 Å². The Balaban J connectivity index is 2.47. The summed E-state index contributed by atoms with van der Waals surface area (Å²) >= 11 is 0. The summed E-state index contributed by atoms with van der Waals surface area (Å²) in [7, 11) is 3.99. The van der Waals surface area contributed by atoms with Crippen LogP contribution < -0.4 is 4.90 Å². The predicted octanol–water partition coefficient (Wildman–Crippen LogP) is 3.75. The number of nitrogens with zero attached hydrogens (tertiary/aromatic N) is 5. The lowest BCUT2D eigenvalue weighted by atomic mass is 9.89. The normalized spacial score (nSPS) is 11.2. The second-order valence-corrected chi connectivity index (χ2v) is 6.95. The van der Waals surface area contributed by atoms with Crippen LogP contribution in [0, 0.1) is 22.7 Å². The molecule has 0 radical (unpaired) electrons. The fourth-order valence-electron chi connectivity index (χ4n) is 2.33. The van der Waals surface area contributed by atoms with Gasteiger partial charge in [-0.1, -0.05) is 39.0 Å². The third-order valence-corrected chi connectivity index (χ3v) is 3.69. The third-order valence-electron chi connectivity index (χ3n) is 3.69. The van der Waals surface area contributed by atoms with Gasteiger partial charge in [0.25, 0.3) is 0 Å². The molecule has 2 aromatic rings. The zero-order chi connectivity index (χ0) is 18.6. The van der Waals surface area contributed by atoms with Crippen LogP contribution in [0.15, 0.2) is 24.3 Å². The van der Waals surface area contributed by atoms with Crippen molar-refractivity contribution < 1.29 is 0 Å². The average molecular weight is 331 g/mol. The van der Waals surface area contributed by atoms with Gasteiger partial charge in [0.1, 0.15) is 12.1 Å². The molecule has 126 valence electrons. The molecular formula is C20H21N5. The fourth-order valence-corrected chi connectivity index (χ4v) is 2.33. The van der Waals surface area contributed by atoms with Crippen LogP contribution >= 0.6 is 0 Å². The lowest BCUT2D eigenvalue weighted by Gasteiger charge is -2.20. The Morgan fingerprint density at radius 3 is 1.96 bits per heavy atom. The topological polar surface area (TPSA) is 76.6 Å². The molecule has 0 amide bonds. The van der Waals surface area contributed by atoms with E-state index in [0.29, 0.717) is 11.4 Å². The Bertz CT molecular complexity index is 873. The van der Waals surface area contributed by atoms with E-state index < -0.39 is 0 Å². The molecule has 0 N–H and O–H groups in total. The summed E-state index contributed by atoms with van der Waals surface area (Å²) in [5.41, 5.74) is 3.29. The van der Waals surface area contributed by atoms with Gasteiger partial charge in [0.2, 0.25) is 0 Å². The van der Waals surface area contributed by atoms with Crippen LogP contribution in [-0.4, -0.2) is 24.1 Å². The van der Waals surface area contributed by atoms with E-state index in [1.807, 2.05) is 88.3 Å². The van der Waals surface area contributed by atoms with Crippen LogP contribution in [0.25, 0.3) is 12.2 Å². The van der Waals surface area contributed by atoms with Crippen molar-refractivity contribution in [2.24, 2.45) is 0 Å². The first-order valence-corrected chi connectivity index (χ1v) is 7.94. The van der Waals surface area contributed by atoms with E-state index in [4.69, 9.17) is 0 Å². The van der Waals surface area contributed by atoms with Crippen molar-refractivity contribution in [2.75, 3.05) is 19.0 Å². The number of hydrogen-bond donors (Lipinski definition) is 0. The Labute approximate surface area is 148 Å². The zero-order valence-electron chi connectivity index (χ0n) is 15.2. The van der Waals surface area contributed by atoms with E-state index in [1.165, 1.54) is 0 Å². The minimum Gasteiger partial charge on any atom is -0.378 e. The van der Waals surface area contributed by atoms with Gasteiger partial charge in [-0.05, 0) is 23.8 Å². The van der Waals surface area contributed by atoms with Crippen LogP contribution in [0.3, 0.4) is 0 Å². The molecule has 5 nitrogen and oxygen atoms in total. The molecule has 0 aliphatic heterocycles. The van der Waals surface area contributed by atoms with Gasteiger partial charge in [-0.15, -0.1) is 0 Å². The van der Waals surface area contributed by atoms with Crippen LogP contribution in [0.2, 0.25) is 0 Å². The number of hydrogen-bond acceptors (Lipinski definition) is 5. The van der Waals surface area contributed by atoms with Crippen molar-refractivity contribution in [3.63, 3.8) is 0 Å². The second-order valence-electron chi connectivity index (χ2n) is 6.95. The van der Waals surface area contributed by atoms with Gasteiger partial charge in [0, 0.05) is 25.2 Å². The number of nitriles is 2. The number of rotatable bonds is 3. The predicted molar refractivity (Wildman–Crippen MR) is 99.9 cm³/mol. The molecule has 1 heterocycles. The largest absolute Gasteiger partial charge is 0.378 e. The van der Waals surface area contributed by atoms with Crippen LogP contribution in [0.4, 0.5) is 5.69 Å². The monoisotopic (exact) mass is 331 g/mol. The molecule has 0 unspecified atom stereocenters. The Morgan fingerprint density at radius 1 is 0.920 bits per heavy atom. The summed E-state index contributed by atoms with van der Waals surface area (Å²) in [6, 6.07) is 12.0. The summed E-state index contributed by atoms with van der Waals surface area (Å²) in [6.07, 6.45) is 3.78. The molecule has 0 aliphatic rings. The Morgan fingerprint density at radius 2 is 1.48 bits per heavy atom. The van der Waals surface area contributed by atoms with Gasteiger partial charge in [-0.25, -0.2) is 9.97 Å². The lowest BCUT2D eigenvalue weighted by Crippen LogP contribution is -2.18. The first-order valence-electron chi connectivity index (χ1n) is 7.94. The minimum absolute atomic E-state index is 0.0538. The zero-order valence-corrected chi connectivity index (χ0v) is 15.2. The van der Waals surface area contributed by atoms with Crippen molar-refractivity contribution in [1.29, 1.82) is 10.5 Å². The highest BCUT2D eigenvalue weighted by atomic mass is 15.1. The molecular weight excluding hydrogens is 310 g/mol. The Kier molecular flexibility index (Phi) is 5.20. The van der Waals surface area contributed by atoms with E-state index in [9.17, 15) is 10.5 Å². The van der Waals surface area contributed by atoms with Gasteiger partial charge in [0.05, 0.1) is 11.4 Å². The molecule has 5 heteroatoms. The summed E-state index contributed by atoms with van der Waals surface area (Å²) < 4.78 is 0. The van der Waals surface area contributed by atoms with E-state index in [-0.39, 0.29) is 16.8 Å². The van der Waals surface area contributed by atoms with Gasteiger partial charge >= 0.3 is 0 Å². The maximum absolute atomic E-state index is 9.20. The van der Waals surface area contributed by atoms with Gasteiger partial charge in [0.15, 0.2) is 11.4 Å². The standard InChI is InChI=1S/C20H21N5/c1-20(2,3)19-16(23-17(12-21)18(13-22)24-19)11-8-14-6-9-15(10-7-14)25(4)5/h6-11H,1-5H3. The van der Waals surface area contributed by atoms with E-state index in [0.717, 1.165) is 11.3 Å². The number of aromatic nitrogens is 2. The third kappa shape index (κ3) is 4.22. The molecule has 25 heavy (non-hydrogen) atoms. The molecule has 0 saturated heterocycles. The fraction of sp³-hybridized carbons (Fsp3) is 0.300. The SMILES string of the molecule is CN(C)c1ccc(C=Cc2nc(C#N)c(C#N)nc2C(C)(C)C)cc1. The van der Waals surface area contributed by atoms with Gasteiger partial charge in [-0.3, -0.25) is 0 Å². The lowest BCUT2D eigenvalue weighted by molar-refractivity contribution is 0.562. The van der Waals surface area contributed by atoms with E-state index in [2.05, 4.69) is 9.97 Å². The van der Waals surface area contributed by atoms with Crippen molar-refractivity contribution in [3.05, 3.63) is 52.6 Å². The highest BCUT2D eigenvalue weighted by Crippen LogP contribution is 2.25. The molecule has 0 fully saturated rings. The summed E-state index contributed by atoms with van der Waals surface area (Å²) in [6.45, 7) is 6.02. The molecule has 1 aromatic heterocycles. The quantitative estimate of drug-likeness (QED) is 0.856. The average Bonchev–Trinajstić information content (AvgIpc) is 2.58. The maximum Gasteiger partial charge on any atom is 0.177 e. The van der Waals surface area contributed by atoms with Gasteiger partial charge < -0.3 is 4.90 Å². The number of benzene rings is 1.